The van der Waals surface area contributed by atoms with Crippen molar-refractivity contribution in [2.75, 3.05) is 20.3 Å². The van der Waals surface area contributed by atoms with Crippen molar-refractivity contribution in [3.63, 3.8) is 0 Å². The zero-order chi connectivity index (χ0) is 14.0. The number of amides is 1. The minimum absolute atomic E-state index is 0.0383. The molecule has 0 aromatic carbocycles. The van der Waals surface area contributed by atoms with Gasteiger partial charge in [0, 0.05) is 26.5 Å². The molecule has 0 spiro atoms. The smallest absolute Gasteiger partial charge is 0.220 e. The topological polar surface area (TPSA) is 55.4 Å². The van der Waals surface area contributed by atoms with Gasteiger partial charge in [0.1, 0.15) is 6.61 Å². The van der Waals surface area contributed by atoms with E-state index in [9.17, 15) is 9.59 Å². The zero-order valence-corrected chi connectivity index (χ0v) is 12.2. The molecule has 1 amide bonds. The van der Waals surface area contributed by atoms with E-state index in [2.05, 4.69) is 5.32 Å². The van der Waals surface area contributed by atoms with Crippen LogP contribution in [-0.2, 0) is 14.3 Å². The average molecular weight is 257 g/mol. The van der Waals surface area contributed by atoms with Crippen LogP contribution in [0.1, 0.15) is 52.9 Å². The second-order valence-corrected chi connectivity index (χ2v) is 5.87. The van der Waals surface area contributed by atoms with Gasteiger partial charge in [-0.2, -0.15) is 0 Å². The first-order valence-electron chi connectivity index (χ1n) is 6.62. The molecule has 0 aliphatic carbocycles. The molecule has 4 nitrogen and oxygen atoms in total. The molecule has 18 heavy (non-hydrogen) atoms. The third kappa shape index (κ3) is 11.6. The van der Waals surface area contributed by atoms with Crippen molar-refractivity contribution in [2.45, 2.75) is 52.9 Å². The SMILES string of the molecule is COCC(=O)CCCCCNC(=O)CC(C)(C)C. The molecule has 4 heteroatoms. The second kappa shape index (κ2) is 9.09. The fourth-order valence-corrected chi connectivity index (χ4v) is 1.63. The Morgan fingerprint density at radius 3 is 2.33 bits per heavy atom. The maximum Gasteiger partial charge on any atom is 0.220 e. The molecule has 0 bridgehead atoms. The van der Waals surface area contributed by atoms with Gasteiger partial charge >= 0.3 is 0 Å². The summed E-state index contributed by atoms with van der Waals surface area (Å²) in [6, 6.07) is 0. The van der Waals surface area contributed by atoms with E-state index in [0.29, 0.717) is 19.4 Å². The van der Waals surface area contributed by atoms with Gasteiger partial charge in [-0.3, -0.25) is 9.59 Å². The number of rotatable bonds is 9. The predicted octanol–water partition coefficient (Wildman–Crippen LogP) is 2.31. The van der Waals surface area contributed by atoms with Gasteiger partial charge in [0.05, 0.1) is 0 Å². The Balaban J connectivity index is 3.41. The molecule has 0 radical (unpaired) electrons. The van der Waals surface area contributed by atoms with Crippen molar-refractivity contribution >= 4 is 11.7 Å². The number of carbonyl (C=O) groups excluding carboxylic acids is 2. The van der Waals surface area contributed by atoms with Crippen LogP contribution in [0.4, 0.5) is 0 Å². The van der Waals surface area contributed by atoms with Gasteiger partial charge in [-0.05, 0) is 18.3 Å². The Kier molecular flexibility index (Phi) is 8.63. The lowest BCUT2D eigenvalue weighted by atomic mass is 9.92. The number of ketones is 1. The minimum Gasteiger partial charge on any atom is -0.377 e. The van der Waals surface area contributed by atoms with E-state index in [4.69, 9.17) is 4.74 Å². The van der Waals surface area contributed by atoms with Crippen molar-refractivity contribution in [3.05, 3.63) is 0 Å². The van der Waals surface area contributed by atoms with E-state index in [-0.39, 0.29) is 23.7 Å². The standard InChI is InChI=1S/C14H27NO3/c1-14(2,3)10-13(17)15-9-7-5-6-8-12(16)11-18-4/h5-11H2,1-4H3,(H,15,17). The summed E-state index contributed by atoms with van der Waals surface area (Å²) in [7, 11) is 1.53. The van der Waals surface area contributed by atoms with E-state index >= 15 is 0 Å². The molecule has 0 saturated carbocycles. The summed E-state index contributed by atoms with van der Waals surface area (Å²) in [5.41, 5.74) is 0.0383. The number of hydrogen-bond acceptors (Lipinski definition) is 3. The molecule has 0 atom stereocenters. The third-order valence-corrected chi connectivity index (χ3v) is 2.45. The molecule has 1 N–H and O–H groups in total. The van der Waals surface area contributed by atoms with Crippen LogP contribution in [0.2, 0.25) is 0 Å². The van der Waals surface area contributed by atoms with Crippen LogP contribution in [0, 0.1) is 5.41 Å². The molecule has 0 aliphatic rings. The van der Waals surface area contributed by atoms with Gasteiger partial charge in [-0.25, -0.2) is 0 Å². The maximum atomic E-state index is 11.5. The van der Waals surface area contributed by atoms with Crippen LogP contribution in [0.15, 0.2) is 0 Å². The maximum absolute atomic E-state index is 11.5. The first kappa shape index (κ1) is 17.1. The fraction of sp³-hybridized carbons (Fsp3) is 0.857. The molecule has 0 heterocycles. The van der Waals surface area contributed by atoms with Crippen LogP contribution in [0.25, 0.3) is 0 Å². The summed E-state index contributed by atoms with van der Waals surface area (Å²) in [5, 5.41) is 2.90. The van der Waals surface area contributed by atoms with Crippen LogP contribution in [-0.4, -0.2) is 32.0 Å². The van der Waals surface area contributed by atoms with Gasteiger partial charge in [0.15, 0.2) is 5.78 Å². The van der Waals surface area contributed by atoms with E-state index in [1.807, 2.05) is 20.8 Å². The van der Waals surface area contributed by atoms with Crippen molar-refractivity contribution in [3.8, 4) is 0 Å². The Labute approximate surface area is 110 Å². The van der Waals surface area contributed by atoms with E-state index < -0.39 is 0 Å². The van der Waals surface area contributed by atoms with Crippen molar-refractivity contribution < 1.29 is 14.3 Å². The molecule has 0 aromatic rings. The number of Topliss-reactive ketones (excluding diaryl/α,β-unsaturated/α-hetero) is 1. The summed E-state index contributed by atoms with van der Waals surface area (Å²) >= 11 is 0. The number of ether oxygens (including phenoxy) is 1. The minimum atomic E-state index is 0.0383. The van der Waals surface area contributed by atoms with Gasteiger partial charge in [-0.15, -0.1) is 0 Å². The molecule has 0 unspecified atom stereocenters. The lowest BCUT2D eigenvalue weighted by molar-refractivity contribution is -0.123. The second-order valence-electron chi connectivity index (χ2n) is 5.87. The number of unbranched alkanes of at least 4 members (excludes halogenated alkanes) is 2. The van der Waals surface area contributed by atoms with E-state index in [0.717, 1.165) is 19.3 Å². The average Bonchev–Trinajstić information content (AvgIpc) is 2.21. The molecule has 106 valence electrons. The summed E-state index contributed by atoms with van der Waals surface area (Å²) < 4.78 is 4.75. The summed E-state index contributed by atoms with van der Waals surface area (Å²) in [4.78, 5) is 22.6. The fourth-order valence-electron chi connectivity index (χ4n) is 1.63. The molecule has 0 fully saturated rings. The molecule has 0 aromatic heterocycles. The Hall–Kier alpha value is -0.900. The molecule has 0 saturated heterocycles. The first-order valence-corrected chi connectivity index (χ1v) is 6.62. The quantitative estimate of drug-likeness (QED) is 0.645. The highest BCUT2D eigenvalue weighted by molar-refractivity contribution is 5.79. The largest absolute Gasteiger partial charge is 0.377 e. The highest BCUT2D eigenvalue weighted by Gasteiger charge is 2.15. The van der Waals surface area contributed by atoms with Crippen LogP contribution in [0.3, 0.4) is 0 Å². The van der Waals surface area contributed by atoms with Crippen LogP contribution >= 0.6 is 0 Å². The predicted molar refractivity (Wildman–Crippen MR) is 72.4 cm³/mol. The Morgan fingerprint density at radius 2 is 1.78 bits per heavy atom. The molecular weight excluding hydrogens is 230 g/mol. The number of methoxy groups -OCH3 is 1. The molecule has 0 aliphatic heterocycles. The van der Waals surface area contributed by atoms with Crippen molar-refractivity contribution in [1.29, 1.82) is 0 Å². The number of nitrogens with one attached hydrogen (secondary N) is 1. The Bertz CT molecular complexity index is 256. The zero-order valence-electron chi connectivity index (χ0n) is 12.2. The van der Waals surface area contributed by atoms with Crippen molar-refractivity contribution in [2.24, 2.45) is 5.41 Å². The summed E-state index contributed by atoms with van der Waals surface area (Å²) in [6.45, 7) is 7.06. The van der Waals surface area contributed by atoms with Crippen molar-refractivity contribution in [1.82, 2.24) is 5.32 Å². The lowest BCUT2D eigenvalue weighted by Crippen LogP contribution is -2.28. The highest BCUT2D eigenvalue weighted by atomic mass is 16.5. The monoisotopic (exact) mass is 257 g/mol. The van der Waals surface area contributed by atoms with E-state index in [1.165, 1.54) is 7.11 Å². The number of hydrogen-bond donors (Lipinski definition) is 1. The highest BCUT2D eigenvalue weighted by Crippen LogP contribution is 2.17. The molecular formula is C14H27NO3. The lowest BCUT2D eigenvalue weighted by Gasteiger charge is -2.17. The normalized spacial score (nSPS) is 11.3. The first-order chi connectivity index (χ1) is 8.35. The Morgan fingerprint density at radius 1 is 1.11 bits per heavy atom. The van der Waals surface area contributed by atoms with Crippen LogP contribution < -0.4 is 5.32 Å². The van der Waals surface area contributed by atoms with Gasteiger partial charge < -0.3 is 10.1 Å². The third-order valence-electron chi connectivity index (χ3n) is 2.45. The van der Waals surface area contributed by atoms with Gasteiger partial charge in [0.2, 0.25) is 5.91 Å². The van der Waals surface area contributed by atoms with E-state index in [1.54, 1.807) is 0 Å². The van der Waals surface area contributed by atoms with Gasteiger partial charge in [0.25, 0.3) is 0 Å². The molecule has 0 rings (SSSR count). The number of carbonyl (C=O) groups is 2. The van der Waals surface area contributed by atoms with Crippen LogP contribution in [0.5, 0.6) is 0 Å². The summed E-state index contributed by atoms with van der Waals surface area (Å²) in [5.74, 6) is 0.257. The summed E-state index contributed by atoms with van der Waals surface area (Å²) in [6.07, 6.45) is 3.89. The van der Waals surface area contributed by atoms with Gasteiger partial charge in [-0.1, -0.05) is 27.2 Å².